The number of tetrazole rings is 1. The Bertz CT molecular complexity index is 1370. The van der Waals surface area contributed by atoms with E-state index in [0.717, 1.165) is 64.5 Å². The number of hydrogen-bond donors (Lipinski definition) is 1. The van der Waals surface area contributed by atoms with Crippen molar-refractivity contribution in [2.75, 3.05) is 0 Å². The van der Waals surface area contributed by atoms with E-state index in [-0.39, 0.29) is 0 Å². The fourth-order valence-corrected chi connectivity index (χ4v) is 4.11. The van der Waals surface area contributed by atoms with Crippen molar-refractivity contribution in [2.45, 2.75) is 40.0 Å². The molecule has 0 bridgehead atoms. The highest BCUT2D eigenvalue weighted by Gasteiger charge is 2.16. The zero-order chi connectivity index (χ0) is 22.1. The summed E-state index contributed by atoms with van der Waals surface area (Å²) in [5, 5.41) is 19.0. The van der Waals surface area contributed by atoms with Gasteiger partial charge in [0.1, 0.15) is 11.6 Å². The molecule has 0 saturated carbocycles. The van der Waals surface area contributed by atoms with E-state index in [1.54, 1.807) is 0 Å². The molecule has 0 atom stereocenters. The fourth-order valence-electron chi connectivity index (χ4n) is 4.11. The van der Waals surface area contributed by atoms with E-state index in [1.165, 1.54) is 5.56 Å². The first-order valence-corrected chi connectivity index (χ1v) is 10.8. The van der Waals surface area contributed by atoms with Crippen LogP contribution in [0, 0.1) is 13.8 Å². The van der Waals surface area contributed by atoms with Gasteiger partial charge in [-0.05, 0) is 42.2 Å². The average Bonchev–Trinajstić information content (AvgIpc) is 3.47. The SMILES string of the molecule is CCCc1nc(C)n2nc(C)nc2c1Cc1ccc(-c2ccccc2-c2nn[nH]n2)cc1. The molecule has 2 aromatic carbocycles. The van der Waals surface area contributed by atoms with Gasteiger partial charge in [-0.25, -0.2) is 9.97 Å². The highest BCUT2D eigenvalue weighted by molar-refractivity contribution is 5.80. The van der Waals surface area contributed by atoms with Gasteiger partial charge in [0.15, 0.2) is 5.65 Å². The molecule has 1 N–H and O–H groups in total. The number of fused-ring (bicyclic) bond motifs is 1. The van der Waals surface area contributed by atoms with Crippen LogP contribution in [0.3, 0.4) is 0 Å². The quantitative estimate of drug-likeness (QED) is 0.440. The Labute approximate surface area is 185 Å². The predicted octanol–water partition coefficient (Wildman–Crippen LogP) is 4.13. The van der Waals surface area contributed by atoms with E-state index in [9.17, 15) is 0 Å². The lowest BCUT2D eigenvalue weighted by Crippen LogP contribution is -2.08. The molecule has 0 amide bonds. The van der Waals surface area contributed by atoms with E-state index in [2.05, 4.69) is 63.0 Å². The average molecular weight is 425 g/mol. The zero-order valence-corrected chi connectivity index (χ0v) is 18.4. The van der Waals surface area contributed by atoms with E-state index >= 15 is 0 Å². The minimum absolute atomic E-state index is 0.587. The third-order valence-corrected chi connectivity index (χ3v) is 5.58. The number of H-pyrrole nitrogens is 1. The lowest BCUT2D eigenvalue weighted by atomic mass is 9.96. The molecular weight excluding hydrogens is 400 g/mol. The normalized spacial score (nSPS) is 11.3. The number of aryl methyl sites for hydroxylation is 3. The Balaban J connectivity index is 1.51. The number of rotatable bonds is 6. The maximum absolute atomic E-state index is 4.84. The first-order valence-electron chi connectivity index (χ1n) is 10.8. The molecule has 0 aliphatic rings. The second kappa shape index (κ2) is 8.30. The van der Waals surface area contributed by atoms with Crippen molar-refractivity contribution in [3.8, 4) is 22.5 Å². The van der Waals surface area contributed by atoms with Crippen molar-refractivity contribution in [1.82, 2.24) is 40.2 Å². The Morgan fingerprint density at radius 2 is 1.72 bits per heavy atom. The van der Waals surface area contributed by atoms with Crippen molar-refractivity contribution in [2.24, 2.45) is 0 Å². The van der Waals surface area contributed by atoms with Gasteiger partial charge in [-0.1, -0.05) is 61.9 Å². The Morgan fingerprint density at radius 3 is 2.44 bits per heavy atom. The molecular formula is C24H24N8. The second-order valence-corrected chi connectivity index (χ2v) is 7.88. The minimum Gasteiger partial charge on any atom is -0.238 e. The van der Waals surface area contributed by atoms with Gasteiger partial charge in [0.25, 0.3) is 0 Å². The molecule has 8 nitrogen and oxygen atoms in total. The second-order valence-electron chi connectivity index (χ2n) is 7.88. The van der Waals surface area contributed by atoms with Gasteiger partial charge < -0.3 is 0 Å². The summed E-state index contributed by atoms with van der Waals surface area (Å²) in [4.78, 5) is 9.55. The summed E-state index contributed by atoms with van der Waals surface area (Å²) in [5.41, 5.74) is 7.49. The Hall–Kier alpha value is -3.94. The van der Waals surface area contributed by atoms with Gasteiger partial charge in [-0.15, -0.1) is 15.3 Å². The lowest BCUT2D eigenvalue weighted by Gasteiger charge is -2.12. The van der Waals surface area contributed by atoms with Crippen LogP contribution in [-0.2, 0) is 12.8 Å². The van der Waals surface area contributed by atoms with E-state index in [4.69, 9.17) is 9.97 Å². The lowest BCUT2D eigenvalue weighted by molar-refractivity contribution is 0.787. The van der Waals surface area contributed by atoms with Crippen molar-refractivity contribution >= 4 is 5.65 Å². The minimum atomic E-state index is 0.587. The van der Waals surface area contributed by atoms with Gasteiger partial charge in [0.05, 0.1) is 0 Å². The Kier molecular flexibility index (Phi) is 5.18. The van der Waals surface area contributed by atoms with Gasteiger partial charge in [-0.2, -0.15) is 9.73 Å². The monoisotopic (exact) mass is 424 g/mol. The van der Waals surface area contributed by atoms with Crippen LogP contribution in [0.1, 0.15) is 41.8 Å². The molecule has 32 heavy (non-hydrogen) atoms. The van der Waals surface area contributed by atoms with Crippen LogP contribution in [-0.4, -0.2) is 40.2 Å². The van der Waals surface area contributed by atoms with Crippen molar-refractivity contribution in [3.63, 3.8) is 0 Å². The van der Waals surface area contributed by atoms with Crippen LogP contribution in [0.4, 0.5) is 0 Å². The van der Waals surface area contributed by atoms with Gasteiger partial charge in [0.2, 0.25) is 5.82 Å². The topological polar surface area (TPSA) is 97.5 Å². The smallest absolute Gasteiger partial charge is 0.205 e. The van der Waals surface area contributed by atoms with Crippen molar-refractivity contribution < 1.29 is 0 Å². The molecule has 3 aromatic heterocycles. The number of nitrogens with one attached hydrogen (secondary N) is 1. The molecule has 0 unspecified atom stereocenters. The van der Waals surface area contributed by atoms with Crippen molar-refractivity contribution in [1.29, 1.82) is 0 Å². The largest absolute Gasteiger partial charge is 0.238 e. The molecule has 160 valence electrons. The summed E-state index contributed by atoms with van der Waals surface area (Å²) in [6.07, 6.45) is 2.72. The predicted molar refractivity (Wildman–Crippen MR) is 122 cm³/mol. The molecule has 0 aliphatic heterocycles. The standard InChI is InChI=1S/C24H24N8/c1-4-7-22-21(24-25-15(2)29-32(24)16(3)26-22)14-17-10-12-18(13-11-17)19-8-5-6-9-20(19)23-27-30-31-28-23/h5-6,8-13H,4,7,14H2,1-3H3,(H,27,28,30,31). The zero-order valence-electron chi connectivity index (χ0n) is 18.4. The summed E-state index contributed by atoms with van der Waals surface area (Å²) < 4.78 is 1.86. The van der Waals surface area contributed by atoms with E-state index < -0.39 is 0 Å². The summed E-state index contributed by atoms with van der Waals surface area (Å²) >= 11 is 0. The van der Waals surface area contributed by atoms with Gasteiger partial charge in [0, 0.05) is 23.2 Å². The van der Waals surface area contributed by atoms with Crippen LogP contribution in [0.25, 0.3) is 28.2 Å². The number of aromatic nitrogens is 8. The molecule has 5 aromatic rings. The Morgan fingerprint density at radius 1 is 0.938 bits per heavy atom. The molecule has 0 radical (unpaired) electrons. The van der Waals surface area contributed by atoms with E-state index in [0.29, 0.717) is 5.82 Å². The first-order chi connectivity index (χ1) is 15.6. The highest BCUT2D eigenvalue weighted by atomic mass is 15.5. The summed E-state index contributed by atoms with van der Waals surface area (Å²) in [7, 11) is 0. The third kappa shape index (κ3) is 3.64. The number of hydrogen-bond acceptors (Lipinski definition) is 6. The van der Waals surface area contributed by atoms with Crippen molar-refractivity contribution in [3.05, 3.63) is 77.0 Å². The maximum atomic E-state index is 4.84. The summed E-state index contributed by atoms with van der Waals surface area (Å²) in [6, 6.07) is 16.7. The fraction of sp³-hybridized carbons (Fsp3) is 0.250. The van der Waals surface area contributed by atoms with Gasteiger partial charge in [-0.3, -0.25) is 0 Å². The third-order valence-electron chi connectivity index (χ3n) is 5.58. The molecule has 5 rings (SSSR count). The molecule has 0 aliphatic carbocycles. The summed E-state index contributed by atoms with van der Waals surface area (Å²) in [5.74, 6) is 2.23. The molecule has 8 heteroatoms. The van der Waals surface area contributed by atoms with Crippen LogP contribution in [0.5, 0.6) is 0 Å². The first kappa shape index (κ1) is 20.0. The molecule has 3 heterocycles. The molecule has 0 saturated heterocycles. The van der Waals surface area contributed by atoms with Crippen LogP contribution < -0.4 is 0 Å². The van der Waals surface area contributed by atoms with Crippen LogP contribution in [0.2, 0.25) is 0 Å². The van der Waals surface area contributed by atoms with Gasteiger partial charge >= 0.3 is 0 Å². The number of nitrogens with zero attached hydrogens (tertiary/aromatic N) is 7. The molecule has 0 spiro atoms. The van der Waals surface area contributed by atoms with Crippen LogP contribution >= 0.6 is 0 Å². The van der Waals surface area contributed by atoms with Crippen LogP contribution in [0.15, 0.2) is 48.5 Å². The maximum Gasteiger partial charge on any atom is 0.205 e. The summed E-state index contributed by atoms with van der Waals surface area (Å²) in [6.45, 7) is 6.09. The molecule has 0 fully saturated rings. The van der Waals surface area contributed by atoms with E-state index in [1.807, 2.05) is 36.6 Å². The number of benzene rings is 2. The highest BCUT2D eigenvalue weighted by Crippen LogP contribution is 2.30. The number of aromatic amines is 1.